The molecule has 156 valence electrons. The number of amides is 1. The Bertz CT molecular complexity index is 796. The largest absolute Gasteiger partial charge is 0.486 e. The van der Waals surface area contributed by atoms with E-state index in [0.29, 0.717) is 57.2 Å². The predicted molar refractivity (Wildman–Crippen MR) is 107 cm³/mol. The van der Waals surface area contributed by atoms with Gasteiger partial charge in [0.05, 0.1) is 11.7 Å². The van der Waals surface area contributed by atoms with Gasteiger partial charge in [0.15, 0.2) is 11.5 Å². The summed E-state index contributed by atoms with van der Waals surface area (Å²) in [6.45, 7) is 6.60. The second-order valence-corrected chi connectivity index (χ2v) is 9.40. The van der Waals surface area contributed by atoms with E-state index in [1.54, 1.807) is 4.90 Å². The van der Waals surface area contributed by atoms with Crippen LogP contribution in [0.3, 0.4) is 0 Å². The molecule has 0 N–H and O–H groups in total. The first-order valence-corrected chi connectivity index (χ1v) is 11.7. The van der Waals surface area contributed by atoms with Crippen molar-refractivity contribution < 1.29 is 22.7 Å². The molecule has 3 rings (SSSR count). The van der Waals surface area contributed by atoms with Gasteiger partial charge in [-0.25, -0.2) is 12.7 Å². The highest BCUT2D eigenvalue weighted by Gasteiger charge is 2.34. The summed E-state index contributed by atoms with van der Waals surface area (Å²) >= 11 is 0. The lowest BCUT2D eigenvalue weighted by molar-refractivity contribution is -0.137. The second-order valence-electron chi connectivity index (χ2n) is 7.31. The van der Waals surface area contributed by atoms with Crippen LogP contribution < -0.4 is 9.47 Å². The van der Waals surface area contributed by atoms with Crippen molar-refractivity contribution in [3.05, 3.63) is 23.8 Å². The Morgan fingerprint density at radius 3 is 2.79 bits per heavy atom. The van der Waals surface area contributed by atoms with Gasteiger partial charge in [0.2, 0.25) is 15.9 Å². The maximum Gasteiger partial charge on any atom is 0.227 e. The quantitative estimate of drug-likeness (QED) is 0.689. The highest BCUT2D eigenvalue weighted by atomic mass is 32.2. The summed E-state index contributed by atoms with van der Waals surface area (Å²) in [6, 6.07) is 5.72. The minimum Gasteiger partial charge on any atom is -0.486 e. The van der Waals surface area contributed by atoms with Crippen LogP contribution in [0.2, 0.25) is 0 Å². The van der Waals surface area contributed by atoms with Crippen LogP contribution in [0.1, 0.15) is 38.7 Å². The number of piperidine rings is 1. The van der Waals surface area contributed by atoms with Gasteiger partial charge in [-0.05, 0) is 32.3 Å². The maximum absolute atomic E-state index is 13.2. The molecule has 1 atom stereocenters. The number of benzene rings is 1. The molecule has 0 saturated carbocycles. The maximum atomic E-state index is 13.2. The first-order valence-electron chi connectivity index (χ1n) is 10.1. The SMILES string of the molecule is CCCS(=O)(=O)N1CCCC(C(=O)N(CC)Cc2cccc3c2OCCO3)C1. The van der Waals surface area contributed by atoms with Crippen LogP contribution >= 0.6 is 0 Å². The number of hydrogen-bond acceptors (Lipinski definition) is 5. The van der Waals surface area contributed by atoms with Crippen molar-refractivity contribution in [2.24, 2.45) is 5.92 Å². The van der Waals surface area contributed by atoms with Crippen molar-refractivity contribution in [1.82, 2.24) is 9.21 Å². The number of nitrogens with zero attached hydrogens (tertiary/aromatic N) is 2. The molecule has 2 aliphatic rings. The summed E-state index contributed by atoms with van der Waals surface area (Å²) in [7, 11) is -3.28. The third-order valence-corrected chi connectivity index (χ3v) is 7.33. The fraction of sp³-hybridized carbons (Fsp3) is 0.650. The molecule has 1 amide bonds. The van der Waals surface area contributed by atoms with E-state index in [1.807, 2.05) is 32.0 Å². The molecule has 28 heavy (non-hydrogen) atoms. The summed E-state index contributed by atoms with van der Waals surface area (Å²) in [5.41, 5.74) is 0.915. The number of para-hydroxylation sites is 1. The molecule has 1 saturated heterocycles. The first kappa shape index (κ1) is 20.9. The zero-order chi connectivity index (χ0) is 20.1. The van der Waals surface area contributed by atoms with Gasteiger partial charge >= 0.3 is 0 Å². The average molecular weight is 411 g/mol. The van der Waals surface area contributed by atoms with Crippen LogP contribution in [0.5, 0.6) is 11.5 Å². The Labute approximate surface area is 167 Å². The molecule has 8 heteroatoms. The van der Waals surface area contributed by atoms with E-state index in [4.69, 9.17) is 9.47 Å². The molecule has 2 aliphatic heterocycles. The Morgan fingerprint density at radius 1 is 1.25 bits per heavy atom. The molecule has 0 aromatic heterocycles. The Balaban J connectivity index is 1.72. The van der Waals surface area contributed by atoms with E-state index in [0.717, 1.165) is 12.0 Å². The summed E-state index contributed by atoms with van der Waals surface area (Å²) in [5, 5.41) is 0. The third-order valence-electron chi connectivity index (χ3n) is 5.29. The van der Waals surface area contributed by atoms with E-state index < -0.39 is 10.0 Å². The van der Waals surface area contributed by atoms with E-state index in [-0.39, 0.29) is 24.1 Å². The van der Waals surface area contributed by atoms with Gasteiger partial charge in [-0.15, -0.1) is 0 Å². The Kier molecular flexibility index (Phi) is 6.82. The molecular formula is C20H30N2O5S. The number of ether oxygens (including phenoxy) is 2. The van der Waals surface area contributed by atoms with Gasteiger partial charge in [-0.3, -0.25) is 4.79 Å². The molecule has 2 heterocycles. The van der Waals surface area contributed by atoms with Crippen LogP contribution in [0.25, 0.3) is 0 Å². The number of hydrogen-bond donors (Lipinski definition) is 0. The van der Waals surface area contributed by atoms with Gasteiger partial charge in [0.25, 0.3) is 0 Å². The fourth-order valence-corrected chi connectivity index (χ4v) is 5.44. The standard InChI is InChI=1S/C20H30N2O5S/c1-3-13-28(24,25)22-10-6-8-17(15-22)20(23)21(4-2)14-16-7-5-9-18-19(16)27-12-11-26-18/h5,7,9,17H,3-4,6,8,10-15H2,1-2H3. The highest BCUT2D eigenvalue weighted by molar-refractivity contribution is 7.89. The van der Waals surface area contributed by atoms with E-state index >= 15 is 0 Å². The lowest BCUT2D eigenvalue weighted by Crippen LogP contribution is -2.47. The predicted octanol–water partition coefficient (Wildman–Crippen LogP) is 2.26. The number of fused-ring (bicyclic) bond motifs is 1. The lowest BCUT2D eigenvalue weighted by Gasteiger charge is -2.34. The monoisotopic (exact) mass is 410 g/mol. The molecule has 0 bridgehead atoms. The fourth-order valence-electron chi connectivity index (χ4n) is 3.85. The molecular weight excluding hydrogens is 380 g/mol. The lowest BCUT2D eigenvalue weighted by atomic mass is 9.97. The van der Waals surface area contributed by atoms with E-state index in [9.17, 15) is 13.2 Å². The summed E-state index contributed by atoms with van der Waals surface area (Å²) < 4.78 is 37.7. The summed E-state index contributed by atoms with van der Waals surface area (Å²) in [5.74, 6) is 1.27. The van der Waals surface area contributed by atoms with Crippen LogP contribution in [-0.4, -0.2) is 62.1 Å². The molecule has 7 nitrogen and oxygen atoms in total. The third kappa shape index (κ3) is 4.60. The molecule has 1 aromatic rings. The van der Waals surface area contributed by atoms with Crippen molar-refractivity contribution >= 4 is 15.9 Å². The smallest absolute Gasteiger partial charge is 0.227 e. The van der Waals surface area contributed by atoms with Crippen LogP contribution in [-0.2, 0) is 21.4 Å². The second kappa shape index (κ2) is 9.13. The van der Waals surface area contributed by atoms with Gasteiger partial charge in [-0.1, -0.05) is 19.1 Å². The van der Waals surface area contributed by atoms with Gasteiger partial charge in [0.1, 0.15) is 13.2 Å². The average Bonchev–Trinajstić information content (AvgIpc) is 2.71. The van der Waals surface area contributed by atoms with E-state index in [2.05, 4.69) is 0 Å². The minimum atomic E-state index is -3.28. The number of carbonyl (C=O) groups is 1. The molecule has 1 unspecified atom stereocenters. The van der Waals surface area contributed by atoms with Gasteiger partial charge in [-0.2, -0.15) is 0 Å². The minimum absolute atomic E-state index is 0.00762. The topological polar surface area (TPSA) is 76.2 Å². The molecule has 0 aliphatic carbocycles. The van der Waals surface area contributed by atoms with Crippen molar-refractivity contribution in [2.75, 3.05) is 38.6 Å². The van der Waals surface area contributed by atoms with Crippen molar-refractivity contribution in [3.8, 4) is 11.5 Å². The molecule has 1 aromatic carbocycles. The van der Waals surface area contributed by atoms with Crippen LogP contribution in [0.4, 0.5) is 0 Å². The van der Waals surface area contributed by atoms with Gasteiger partial charge < -0.3 is 14.4 Å². The van der Waals surface area contributed by atoms with Gasteiger partial charge in [0, 0.05) is 31.7 Å². The van der Waals surface area contributed by atoms with Crippen LogP contribution in [0, 0.1) is 5.92 Å². The molecule has 1 fully saturated rings. The summed E-state index contributed by atoms with van der Waals surface area (Å²) in [4.78, 5) is 15.0. The van der Waals surface area contributed by atoms with Crippen molar-refractivity contribution in [2.45, 2.75) is 39.7 Å². The Hall–Kier alpha value is -1.80. The Morgan fingerprint density at radius 2 is 2.04 bits per heavy atom. The normalized spacial score (nSPS) is 20.0. The number of carbonyl (C=O) groups excluding carboxylic acids is 1. The number of rotatable bonds is 7. The molecule has 0 radical (unpaired) electrons. The summed E-state index contributed by atoms with van der Waals surface area (Å²) in [6.07, 6.45) is 2.02. The highest BCUT2D eigenvalue weighted by Crippen LogP contribution is 2.34. The zero-order valence-electron chi connectivity index (χ0n) is 16.7. The van der Waals surface area contributed by atoms with E-state index in [1.165, 1.54) is 4.31 Å². The van der Waals surface area contributed by atoms with Crippen molar-refractivity contribution in [3.63, 3.8) is 0 Å². The first-order chi connectivity index (χ1) is 13.5. The molecule has 0 spiro atoms. The van der Waals surface area contributed by atoms with Crippen molar-refractivity contribution in [1.29, 1.82) is 0 Å². The van der Waals surface area contributed by atoms with Crippen LogP contribution in [0.15, 0.2) is 18.2 Å². The number of sulfonamides is 1. The zero-order valence-corrected chi connectivity index (χ0v) is 17.5.